The molecule has 6 aromatic rings. The van der Waals surface area contributed by atoms with Gasteiger partial charge in [-0.3, -0.25) is 4.68 Å². The maximum Gasteiger partial charge on any atom is 0.154 e. The van der Waals surface area contributed by atoms with Crippen LogP contribution in [0.1, 0.15) is 41.7 Å². The largest absolute Gasteiger partial charge is 0.496 e. The van der Waals surface area contributed by atoms with Crippen LogP contribution in [0.15, 0.2) is 35.1 Å². The van der Waals surface area contributed by atoms with Crippen molar-refractivity contribution in [3.8, 4) is 22.6 Å². The Balaban J connectivity index is 1.38. The van der Waals surface area contributed by atoms with Crippen molar-refractivity contribution < 1.29 is 9.26 Å². The van der Waals surface area contributed by atoms with Crippen molar-refractivity contribution in [3.63, 3.8) is 0 Å². The first-order valence-corrected chi connectivity index (χ1v) is 12.6. The number of methoxy groups -OCH3 is 1. The Hall–Kier alpha value is -4.67. The number of rotatable bonds is 6. The highest BCUT2D eigenvalue weighted by molar-refractivity contribution is 6.13. The summed E-state index contributed by atoms with van der Waals surface area (Å²) in [4.78, 5) is 12.9. The van der Waals surface area contributed by atoms with Crippen molar-refractivity contribution >= 4 is 33.6 Å². The molecule has 5 aromatic heterocycles. The van der Waals surface area contributed by atoms with E-state index in [2.05, 4.69) is 32.7 Å². The molecule has 1 aromatic carbocycles. The summed E-state index contributed by atoms with van der Waals surface area (Å²) < 4.78 is 15.0. The van der Waals surface area contributed by atoms with Crippen LogP contribution in [0, 0.1) is 20.8 Å². The van der Waals surface area contributed by atoms with E-state index in [1.54, 1.807) is 11.8 Å². The van der Waals surface area contributed by atoms with Crippen LogP contribution in [-0.4, -0.2) is 46.8 Å². The third-order valence-corrected chi connectivity index (χ3v) is 7.10. The fraction of sp³-hybridized carbons (Fsp3) is 0.296. The van der Waals surface area contributed by atoms with E-state index in [0.717, 1.165) is 74.6 Å². The van der Waals surface area contributed by atoms with Crippen LogP contribution >= 0.6 is 0 Å². The van der Waals surface area contributed by atoms with E-state index >= 15 is 0 Å². The summed E-state index contributed by atoms with van der Waals surface area (Å²) in [5, 5.41) is 18.7. The number of nitrogens with zero attached hydrogens (tertiary/aromatic N) is 7. The number of nitrogens with one attached hydrogen (secondary N) is 2. The van der Waals surface area contributed by atoms with Gasteiger partial charge in [0.1, 0.15) is 34.5 Å². The zero-order valence-corrected chi connectivity index (χ0v) is 21.8. The number of ether oxygens (including phenoxy) is 1. The lowest BCUT2D eigenvalue weighted by atomic mass is 10.0. The number of anilines is 2. The lowest BCUT2D eigenvalue weighted by Gasteiger charge is -2.09. The number of fused-ring (bicyclic) bond motifs is 3. The molecule has 1 aliphatic carbocycles. The average molecular weight is 510 g/mol. The molecular weight excluding hydrogens is 482 g/mol. The molecule has 0 unspecified atom stereocenters. The molecule has 0 bridgehead atoms. The summed E-state index contributed by atoms with van der Waals surface area (Å²) in [7, 11) is 3.58. The number of aryl methyl sites for hydroxylation is 4. The Morgan fingerprint density at radius 2 is 1.97 bits per heavy atom. The minimum atomic E-state index is 0.505. The van der Waals surface area contributed by atoms with Gasteiger partial charge in [0, 0.05) is 41.2 Å². The molecule has 0 radical (unpaired) electrons. The van der Waals surface area contributed by atoms with Crippen molar-refractivity contribution in [3.05, 3.63) is 53.6 Å². The summed E-state index contributed by atoms with van der Waals surface area (Å²) >= 11 is 0. The van der Waals surface area contributed by atoms with Crippen LogP contribution in [0.25, 0.3) is 38.8 Å². The van der Waals surface area contributed by atoms with Gasteiger partial charge in [-0.2, -0.15) is 5.10 Å². The van der Waals surface area contributed by atoms with Gasteiger partial charge in [-0.25, -0.2) is 14.6 Å². The van der Waals surface area contributed by atoms with Gasteiger partial charge >= 0.3 is 0 Å². The van der Waals surface area contributed by atoms with Gasteiger partial charge in [0.2, 0.25) is 0 Å². The predicted octanol–water partition coefficient (Wildman–Crippen LogP) is 5.24. The van der Waals surface area contributed by atoms with Crippen LogP contribution in [0.4, 0.5) is 11.6 Å². The molecule has 192 valence electrons. The number of H-pyrrole nitrogens is 1. The summed E-state index contributed by atoms with van der Waals surface area (Å²) in [5.74, 6) is 4.03. The molecule has 38 heavy (non-hydrogen) atoms. The topological polar surface area (TPSA) is 125 Å². The van der Waals surface area contributed by atoms with Gasteiger partial charge in [0.05, 0.1) is 36.1 Å². The molecule has 0 aliphatic heterocycles. The molecular formula is C27H27N9O2. The van der Waals surface area contributed by atoms with Crippen LogP contribution in [-0.2, 0) is 7.05 Å². The van der Waals surface area contributed by atoms with Crippen molar-refractivity contribution in [2.45, 2.75) is 39.5 Å². The third-order valence-electron chi connectivity index (χ3n) is 7.10. The number of hydrogen-bond acceptors (Lipinski definition) is 8. The SMILES string of the molecule is COc1cc2c(cc1-c1c(C)noc1C)[nH]c1nc(C)nc(Nc3cc(C4CC4)n(-c4cnn(C)c4)n3)c12. The maximum absolute atomic E-state index is 5.82. The Labute approximate surface area is 217 Å². The Kier molecular flexibility index (Phi) is 4.84. The summed E-state index contributed by atoms with van der Waals surface area (Å²) in [5.41, 5.74) is 6.41. The smallest absolute Gasteiger partial charge is 0.154 e. The molecule has 1 saturated carbocycles. The van der Waals surface area contributed by atoms with Crippen molar-refractivity contribution in [1.82, 2.24) is 39.7 Å². The second-order valence-corrected chi connectivity index (χ2v) is 9.90. The molecule has 0 atom stereocenters. The zero-order chi connectivity index (χ0) is 26.1. The van der Waals surface area contributed by atoms with E-state index in [1.807, 2.05) is 51.0 Å². The van der Waals surface area contributed by atoms with E-state index in [1.165, 1.54) is 5.69 Å². The zero-order valence-electron chi connectivity index (χ0n) is 21.8. The van der Waals surface area contributed by atoms with E-state index < -0.39 is 0 Å². The lowest BCUT2D eigenvalue weighted by molar-refractivity contribution is 0.393. The van der Waals surface area contributed by atoms with Crippen LogP contribution < -0.4 is 10.1 Å². The van der Waals surface area contributed by atoms with Crippen LogP contribution in [0.5, 0.6) is 5.75 Å². The number of hydrogen-bond donors (Lipinski definition) is 2. The second kappa shape index (κ2) is 8.17. The minimum absolute atomic E-state index is 0.505. The van der Waals surface area contributed by atoms with Crippen LogP contribution in [0.2, 0.25) is 0 Å². The molecule has 5 heterocycles. The summed E-state index contributed by atoms with van der Waals surface area (Å²) in [6.07, 6.45) is 6.13. The number of benzene rings is 1. The molecule has 2 N–H and O–H groups in total. The maximum atomic E-state index is 5.82. The van der Waals surface area contributed by atoms with Crippen molar-refractivity contribution in [2.75, 3.05) is 12.4 Å². The van der Waals surface area contributed by atoms with E-state index in [0.29, 0.717) is 17.6 Å². The molecule has 0 spiro atoms. The number of aromatic amines is 1. The molecule has 11 nitrogen and oxygen atoms in total. The van der Waals surface area contributed by atoms with Crippen molar-refractivity contribution in [1.29, 1.82) is 0 Å². The summed E-state index contributed by atoms with van der Waals surface area (Å²) in [6.45, 7) is 5.72. The highest BCUT2D eigenvalue weighted by Gasteiger charge is 2.29. The number of aromatic nitrogens is 8. The fourth-order valence-corrected chi connectivity index (χ4v) is 5.23. The van der Waals surface area contributed by atoms with Crippen LogP contribution in [0.3, 0.4) is 0 Å². The first-order valence-electron chi connectivity index (χ1n) is 12.6. The molecule has 7 rings (SSSR count). The third kappa shape index (κ3) is 3.53. The molecule has 0 saturated heterocycles. The first-order chi connectivity index (χ1) is 18.4. The molecule has 1 fully saturated rings. The van der Waals surface area contributed by atoms with E-state index in [9.17, 15) is 0 Å². The minimum Gasteiger partial charge on any atom is -0.496 e. The van der Waals surface area contributed by atoms with Crippen molar-refractivity contribution in [2.24, 2.45) is 7.05 Å². The van der Waals surface area contributed by atoms with Gasteiger partial charge in [-0.1, -0.05) is 5.16 Å². The van der Waals surface area contributed by atoms with Gasteiger partial charge in [0.25, 0.3) is 0 Å². The fourth-order valence-electron chi connectivity index (χ4n) is 5.23. The lowest BCUT2D eigenvalue weighted by Crippen LogP contribution is -2.02. The standard InChI is InChI=1S/C27H27N9O2/c1-13-24(14(2)38-34-13)19-8-20-18(9-22(19)37-5)25-26(31-20)29-15(3)30-27(25)32-23-10-21(16-6-7-16)36(33-23)17-11-28-35(4)12-17/h8-12,16H,6-7H2,1-5H3,(H2,29,30,31,32,33). The Morgan fingerprint density at radius 1 is 1.13 bits per heavy atom. The predicted molar refractivity (Wildman–Crippen MR) is 143 cm³/mol. The molecule has 11 heteroatoms. The van der Waals surface area contributed by atoms with Gasteiger partial charge in [-0.05, 0) is 45.7 Å². The molecule has 0 amide bonds. The van der Waals surface area contributed by atoms with Gasteiger partial charge < -0.3 is 19.6 Å². The average Bonchev–Trinajstić information content (AvgIpc) is 3.16. The molecule has 1 aliphatic rings. The van der Waals surface area contributed by atoms with E-state index in [4.69, 9.17) is 24.3 Å². The first kappa shape index (κ1) is 22.5. The quantitative estimate of drug-likeness (QED) is 0.312. The second-order valence-electron chi connectivity index (χ2n) is 9.90. The highest BCUT2D eigenvalue weighted by Crippen LogP contribution is 2.43. The Bertz CT molecular complexity index is 1830. The van der Waals surface area contributed by atoms with E-state index in [-0.39, 0.29) is 0 Å². The van der Waals surface area contributed by atoms with Gasteiger partial charge in [0.15, 0.2) is 5.82 Å². The van der Waals surface area contributed by atoms with Gasteiger partial charge in [-0.15, -0.1) is 5.10 Å². The Morgan fingerprint density at radius 3 is 2.66 bits per heavy atom. The summed E-state index contributed by atoms with van der Waals surface area (Å²) in [6, 6.07) is 6.19. The highest BCUT2D eigenvalue weighted by atomic mass is 16.5. The normalized spacial score (nSPS) is 13.6. The monoisotopic (exact) mass is 509 g/mol.